The molecule has 0 radical (unpaired) electrons. The Morgan fingerprint density at radius 1 is 0.952 bits per heavy atom. The lowest BCUT2D eigenvalue weighted by atomic mass is 9.62. The zero-order chi connectivity index (χ0) is 44.5. The number of carbonyl (C=O) groups excluding carboxylic acids is 4. The Morgan fingerprint density at radius 2 is 1.63 bits per heavy atom. The van der Waals surface area contributed by atoms with E-state index in [-0.39, 0.29) is 51.1 Å². The number of para-hydroxylation sites is 1. The molecule has 4 aliphatic rings. The van der Waals surface area contributed by atoms with Crippen LogP contribution in [0.15, 0.2) is 54.6 Å². The van der Waals surface area contributed by atoms with Gasteiger partial charge in [-0.25, -0.2) is 0 Å². The second-order valence-corrected chi connectivity index (χ2v) is 18.2. The number of esters is 2. The van der Waals surface area contributed by atoms with E-state index in [0.717, 1.165) is 55.2 Å². The van der Waals surface area contributed by atoms with Crippen molar-refractivity contribution in [2.24, 2.45) is 5.41 Å². The van der Waals surface area contributed by atoms with Crippen molar-refractivity contribution in [1.82, 2.24) is 15.7 Å². The van der Waals surface area contributed by atoms with E-state index in [0.29, 0.717) is 19.3 Å². The molecule has 7 atom stereocenters. The van der Waals surface area contributed by atoms with Gasteiger partial charge in [-0.15, -0.1) is 0 Å². The molecule has 7 unspecified atom stereocenters. The van der Waals surface area contributed by atoms with Crippen molar-refractivity contribution in [3.05, 3.63) is 71.3 Å². The Morgan fingerprint density at radius 3 is 2.31 bits per heavy atom. The van der Waals surface area contributed by atoms with Crippen LogP contribution < -0.4 is 10.6 Å². The molecule has 3 aliphatic heterocycles. The fraction of sp³-hybridized carbons (Fsp3) is 0.625. The minimum Gasteiger partial charge on any atom is -0.508 e. The lowest BCUT2D eigenvalue weighted by molar-refractivity contribution is -0.224. The minimum atomic E-state index is -1.43. The van der Waals surface area contributed by atoms with Crippen molar-refractivity contribution in [3.8, 4) is 5.75 Å². The molecule has 3 saturated heterocycles. The number of rotatable bonds is 22. The Bertz CT molecular complexity index is 1890. The molecule has 4 N–H and O–H groups in total. The third-order valence-corrected chi connectivity index (χ3v) is 12.3. The standard InChI is InChI=1S/C48H67N3O11/c1-6-8-14-26-47(27-15-9-7-2)60-40-37-29-48(45(57)49-28-25-38(54)50-35(31-52)23-24-39(55)59-46(3,4)5)42(44(56)58-37)51(62-43(48)41(40)61-47)30-34-19-11-10-17-32(34)20-16-21-33-18-12-13-22-36(33)53/h10-13,16-20,22,35,37,40-43,52-53H,6-9,14-15,21,23-31H2,1-5H3,(H,49,57)(H,50,54). The van der Waals surface area contributed by atoms with Crippen LogP contribution in [0.2, 0.25) is 0 Å². The Balaban J connectivity index is 1.23. The maximum absolute atomic E-state index is 14.9. The monoisotopic (exact) mass is 861 g/mol. The number of ether oxygens (including phenoxy) is 4. The predicted molar refractivity (Wildman–Crippen MR) is 231 cm³/mol. The molecule has 2 aromatic carbocycles. The Hall–Kier alpha value is -4.34. The van der Waals surface area contributed by atoms with Crippen molar-refractivity contribution < 1.29 is 53.2 Å². The molecule has 1 saturated carbocycles. The Labute approximate surface area is 366 Å². The van der Waals surface area contributed by atoms with Crippen molar-refractivity contribution in [3.63, 3.8) is 0 Å². The van der Waals surface area contributed by atoms with Gasteiger partial charge in [0.2, 0.25) is 11.8 Å². The number of aliphatic hydroxyl groups excluding tert-OH is 1. The van der Waals surface area contributed by atoms with Gasteiger partial charge < -0.3 is 39.8 Å². The number of fused-ring (bicyclic) bond motifs is 4. The van der Waals surface area contributed by atoms with E-state index in [1.807, 2.05) is 48.6 Å². The average molecular weight is 862 g/mol. The second kappa shape index (κ2) is 20.9. The lowest BCUT2D eigenvalue weighted by Gasteiger charge is -2.48. The van der Waals surface area contributed by atoms with Gasteiger partial charge in [0.05, 0.1) is 19.2 Å². The molecule has 62 heavy (non-hydrogen) atoms. The van der Waals surface area contributed by atoms with Gasteiger partial charge in [-0.2, -0.15) is 5.06 Å². The molecule has 2 aromatic rings. The number of phenols is 1. The first-order chi connectivity index (χ1) is 29.7. The van der Waals surface area contributed by atoms with Crippen LogP contribution in [0.3, 0.4) is 0 Å². The van der Waals surface area contributed by atoms with Gasteiger partial charge in [-0.3, -0.25) is 24.0 Å². The van der Waals surface area contributed by atoms with Gasteiger partial charge in [0.15, 0.2) is 11.8 Å². The molecule has 14 nitrogen and oxygen atoms in total. The number of hydrogen-bond acceptors (Lipinski definition) is 12. The minimum absolute atomic E-state index is 0.0179. The van der Waals surface area contributed by atoms with E-state index in [4.69, 9.17) is 23.8 Å². The first-order valence-corrected chi connectivity index (χ1v) is 22.6. The molecule has 1 aliphatic carbocycles. The number of benzene rings is 2. The van der Waals surface area contributed by atoms with Gasteiger partial charge in [0.1, 0.15) is 41.2 Å². The molecular weight excluding hydrogens is 795 g/mol. The van der Waals surface area contributed by atoms with Gasteiger partial charge in [-0.05, 0) is 69.2 Å². The maximum Gasteiger partial charge on any atom is 0.327 e. The number of nitrogens with one attached hydrogen (secondary N) is 2. The highest BCUT2D eigenvalue weighted by atomic mass is 16.8. The van der Waals surface area contributed by atoms with E-state index >= 15 is 0 Å². The largest absolute Gasteiger partial charge is 0.508 e. The molecule has 4 fully saturated rings. The van der Waals surface area contributed by atoms with E-state index < -0.39 is 77.1 Å². The summed E-state index contributed by atoms with van der Waals surface area (Å²) >= 11 is 0. The number of carbonyl (C=O) groups is 4. The number of aliphatic hydroxyl groups is 1. The summed E-state index contributed by atoms with van der Waals surface area (Å²) < 4.78 is 25.5. The summed E-state index contributed by atoms with van der Waals surface area (Å²) in [4.78, 5) is 61.4. The number of phenolic OH excluding ortho intramolecular Hbond substituents is 1. The second-order valence-electron chi connectivity index (χ2n) is 18.2. The van der Waals surface area contributed by atoms with Gasteiger partial charge in [0, 0.05) is 38.6 Å². The van der Waals surface area contributed by atoms with Crippen molar-refractivity contribution in [2.75, 3.05) is 13.2 Å². The number of hydroxylamine groups is 2. The highest BCUT2D eigenvalue weighted by molar-refractivity contribution is 5.94. The molecule has 14 heteroatoms. The van der Waals surface area contributed by atoms with Crippen molar-refractivity contribution in [1.29, 1.82) is 0 Å². The lowest BCUT2D eigenvalue weighted by Crippen LogP contribution is -2.69. The highest BCUT2D eigenvalue weighted by Gasteiger charge is 2.76. The van der Waals surface area contributed by atoms with Crippen LogP contribution in [-0.4, -0.2) is 100 Å². The van der Waals surface area contributed by atoms with Crippen LogP contribution in [-0.2, 0) is 55.9 Å². The summed E-state index contributed by atoms with van der Waals surface area (Å²) in [5.41, 5.74) is 0.437. The number of nitrogens with zero attached hydrogens (tertiary/aromatic N) is 1. The first kappa shape index (κ1) is 47.1. The maximum atomic E-state index is 14.9. The Kier molecular flexibility index (Phi) is 15.9. The first-order valence-electron chi connectivity index (χ1n) is 22.6. The fourth-order valence-corrected chi connectivity index (χ4v) is 9.35. The summed E-state index contributed by atoms with van der Waals surface area (Å²) in [7, 11) is 0. The molecule has 2 amide bonds. The summed E-state index contributed by atoms with van der Waals surface area (Å²) in [6, 6.07) is 13.1. The molecular formula is C48H67N3O11. The van der Waals surface area contributed by atoms with Gasteiger partial charge >= 0.3 is 11.9 Å². The van der Waals surface area contributed by atoms with Crippen LogP contribution in [0, 0.1) is 5.41 Å². The molecule has 0 aromatic heterocycles. The van der Waals surface area contributed by atoms with Crippen LogP contribution in [0.4, 0.5) is 0 Å². The molecule has 6 rings (SSSR count). The number of aromatic hydroxyl groups is 1. The zero-order valence-electron chi connectivity index (χ0n) is 37.1. The molecule has 340 valence electrons. The summed E-state index contributed by atoms with van der Waals surface area (Å²) in [5, 5.41) is 27.5. The number of hydrogen-bond donors (Lipinski definition) is 4. The third-order valence-electron chi connectivity index (χ3n) is 12.3. The fourth-order valence-electron chi connectivity index (χ4n) is 9.35. The zero-order valence-corrected chi connectivity index (χ0v) is 37.1. The average Bonchev–Trinajstić information content (AvgIpc) is 3.78. The van der Waals surface area contributed by atoms with Crippen LogP contribution in [0.25, 0.3) is 6.08 Å². The smallest absolute Gasteiger partial charge is 0.327 e. The van der Waals surface area contributed by atoms with E-state index in [1.165, 1.54) is 0 Å². The summed E-state index contributed by atoms with van der Waals surface area (Å²) in [6.07, 6.45) is 8.88. The summed E-state index contributed by atoms with van der Waals surface area (Å²) in [5.74, 6) is -2.57. The van der Waals surface area contributed by atoms with Crippen molar-refractivity contribution in [2.45, 2.75) is 173 Å². The van der Waals surface area contributed by atoms with E-state index in [2.05, 4.69) is 24.5 Å². The van der Waals surface area contributed by atoms with E-state index in [9.17, 15) is 29.4 Å². The summed E-state index contributed by atoms with van der Waals surface area (Å²) in [6.45, 7) is 9.33. The predicted octanol–water partition coefficient (Wildman–Crippen LogP) is 6.19. The molecule has 0 spiro atoms. The van der Waals surface area contributed by atoms with Crippen LogP contribution >= 0.6 is 0 Å². The SMILES string of the molecule is CCCCCC1(CCCCC)OC2C3CC4(C(=O)NCCC(=O)NC(CO)CCC(=O)OC(C)(C)C)C(ON(Cc5ccccc5C=CCc5ccccc5O)C4C(=O)O3)C2O1. The number of allylic oxidation sites excluding steroid dienone is 1. The van der Waals surface area contributed by atoms with Crippen LogP contribution in [0.5, 0.6) is 5.75 Å². The molecule has 2 bridgehead atoms. The highest BCUT2D eigenvalue weighted by Crippen LogP contribution is 2.58. The normalized spacial score (nSPS) is 25.6. The third kappa shape index (κ3) is 11.1. The van der Waals surface area contributed by atoms with Gasteiger partial charge in [0.25, 0.3) is 0 Å². The number of amides is 2. The number of unbranched alkanes of at least 4 members (excludes halogenated alkanes) is 4. The molecule has 3 heterocycles. The van der Waals surface area contributed by atoms with Crippen molar-refractivity contribution >= 4 is 29.8 Å². The van der Waals surface area contributed by atoms with Gasteiger partial charge in [-0.1, -0.05) is 94.1 Å². The topological polar surface area (TPSA) is 182 Å². The quantitative estimate of drug-likeness (QED) is 0.0780. The van der Waals surface area contributed by atoms with Crippen LogP contribution in [0.1, 0.15) is 128 Å². The van der Waals surface area contributed by atoms with E-state index in [1.54, 1.807) is 38.0 Å².